The van der Waals surface area contributed by atoms with Gasteiger partial charge in [-0.25, -0.2) is 0 Å². The Bertz CT molecular complexity index is 1680. The van der Waals surface area contributed by atoms with Crippen LogP contribution in [0.1, 0.15) is 119 Å². The van der Waals surface area contributed by atoms with Crippen LogP contribution in [-0.4, -0.2) is 165 Å². The Morgan fingerprint density at radius 3 is 1.81 bits per heavy atom. The molecule has 0 amide bonds. The average Bonchev–Trinajstić information content (AvgIpc) is 3.36. The second kappa shape index (κ2) is 16.4. The number of hydrogen-bond donors (Lipinski definition) is 1. The van der Waals surface area contributed by atoms with Gasteiger partial charge in [-0.1, -0.05) is 6.92 Å². The van der Waals surface area contributed by atoms with Gasteiger partial charge in [0.25, 0.3) is 0 Å². The Balaban J connectivity index is 0.772. The van der Waals surface area contributed by atoms with Gasteiger partial charge in [0, 0.05) is 71.7 Å². The van der Waals surface area contributed by atoms with Gasteiger partial charge in [-0.2, -0.15) is 0 Å². The largest absolute Gasteiger partial charge is 0.492 e. The maximum Gasteiger partial charge on any atom is 0.127 e. The predicted molar refractivity (Wildman–Crippen MR) is 222 cm³/mol. The molecule has 10 saturated heterocycles. The van der Waals surface area contributed by atoms with Gasteiger partial charge < -0.3 is 66.7 Å². The van der Waals surface area contributed by atoms with Crippen LogP contribution >= 0.6 is 0 Å². The molecule has 11 aliphatic heterocycles. The predicted octanol–water partition coefficient (Wildman–Crippen LogP) is 5.11. The van der Waals surface area contributed by atoms with E-state index in [2.05, 4.69) is 34.6 Å². The fourth-order valence-corrected chi connectivity index (χ4v) is 14.1. The Morgan fingerprint density at radius 1 is 0.581 bits per heavy atom. The third-order valence-electron chi connectivity index (χ3n) is 17.9. The smallest absolute Gasteiger partial charge is 0.127 e. The summed E-state index contributed by atoms with van der Waals surface area (Å²) >= 11 is 0. The molecular weight excluding hydrogens is 801 g/mol. The Hall–Kier alpha value is -0.980. The second-order valence-corrected chi connectivity index (χ2v) is 22.0. The van der Waals surface area contributed by atoms with Crippen molar-refractivity contribution in [3.8, 4) is 0 Å². The molecule has 11 aliphatic rings. The van der Waals surface area contributed by atoms with Crippen LogP contribution in [0, 0.1) is 11.8 Å². The summed E-state index contributed by atoms with van der Waals surface area (Å²) in [6.45, 7) is 13.5. The van der Waals surface area contributed by atoms with Crippen molar-refractivity contribution in [3.05, 3.63) is 11.3 Å². The van der Waals surface area contributed by atoms with Crippen molar-refractivity contribution < 1.29 is 66.7 Å². The fourth-order valence-electron chi connectivity index (χ4n) is 14.1. The summed E-state index contributed by atoms with van der Waals surface area (Å²) in [7, 11) is 3.47. The van der Waals surface area contributed by atoms with Crippen LogP contribution in [0.25, 0.3) is 0 Å². The van der Waals surface area contributed by atoms with E-state index in [1.807, 2.05) is 6.92 Å². The van der Waals surface area contributed by atoms with Crippen molar-refractivity contribution in [1.82, 2.24) is 0 Å². The Labute approximate surface area is 367 Å². The summed E-state index contributed by atoms with van der Waals surface area (Å²) in [5.41, 5.74) is -0.302. The van der Waals surface area contributed by atoms with Crippen LogP contribution in [-0.2, 0) is 61.6 Å². The number of aliphatic hydroxyl groups excluding tert-OH is 1. The molecule has 0 aliphatic carbocycles. The lowest BCUT2D eigenvalue weighted by Gasteiger charge is -2.58. The lowest BCUT2D eigenvalue weighted by molar-refractivity contribution is -0.347. The average molecular weight is 875 g/mol. The van der Waals surface area contributed by atoms with E-state index in [9.17, 15) is 5.11 Å². The van der Waals surface area contributed by atoms with Crippen molar-refractivity contribution in [1.29, 1.82) is 0 Å². The van der Waals surface area contributed by atoms with Crippen molar-refractivity contribution >= 4 is 0 Å². The number of fused-ring (bicyclic) bond motifs is 10. The zero-order valence-corrected chi connectivity index (χ0v) is 38.3. The van der Waals surface area contributed by atoms with E-state index in [1.54, 1.807) is 14.2 Å². The molecule has 1 N–H and O–H groups in total. The van der Waals surface area contributed by atoms with Crippen molar-refractivity contribution in [2.24, 2.45) is 11.8 Å². The summed E-state index contributed by atoms with van der Waals surface area (Å²) in [5.74, 6) is 1.20. The molecule has 0 aromatic rings. The lowest BCUT2D eigenvalue weighted by Crippen LogP contribution is -2.69. The monoisotopic (exact) mass is 875 g/mol. The molecule has 24 atom stereocenters. The van der Waals surface area contributed by atoms with Gasteiger partial charge in [0.2, 0.25) is 0 Å². The van der Waals surface area contributed by atoms with Gasteiger partial charge in [0.15, 0.2) is 0 Å². The van der Waals surface area contributed by atoms with E-state index in [1.165, 1.54) is 5.57 Å². The van der Waals surface area contributed by atoms with Gasteiger partial charge in [-0.3, -0.25) is 0 Å². The number of ether oxygens (including phenoxy) is 13. The fraction of sp³-hybridized carbons (Fsp3) is 0.958. The molecule has 0 radical (unpaired) electrons. The Kier molecular flexibility index (Phi) is 11.5. The van der Waals surface area contributed by atoms with Crippen LogP contribution in [0.2, 0.25) is 0 Å². The van der Waals surface area contributed by atoms with E-state index in [0.717, 1.165) is 82.8 Å². The van der Waals surface area contributed by atoms with Gasteiger partial charge in [0.05, 0.1) is 121 Å². The molecule has 14 nitrogen and oxygen atoms in total. The summed E-state index contributed by atoms with van der Waals surface area (Å²) in [6.07, 6.45) is 7.29. The number of allylic oxidation sites excluding steroid dienone is 1. The number of rotatable bonds is 4. The van der Waals surface area contributed by atoms with E-state index >= 15 is 0 Å². The highest BCUT2D eigenvalue weighted by atomic mass is 16.7. The first-order chi connectivity index (χ1) is 29.8. The molecule has 0 aromatic heterocycles. The molecule has 0 spiro atoms. The molecule has 11 heterocycles. The highest BCUT2D eigenvalue weighted by Crippen LogP contribution is 2.52. The van der Waals surface area contributed by atoms with Gasteiger partial charge in [-0.15, -0.1) is 0 Å². The van der Waals surface area contributed by atoms with Gasteiger partial charge in [-0.05, 0) is 78.2 Å². The third-order valence-corrected chi connectivity index (χ3v) is 17.9. The molecule has 0 aromatic carbocycles. The maximum atomic E-state index is 10.3. The molecule has 24 unspecified atom stereocenters. The van der Waals surface area contributed by atoms with Gasteiger partial charge in [0.1, 0.15) is 24.4 Å². The minimum atomic E-state index is -0.569. The zero-order chi connectivity index (χ0) is 42.9. The second-order valence-electron chi connectivity index (χ2n) is 22.0. The van der Waals surface area contributed by atoms with Crippen LogP contribution in [0.15, 0.2) is 11.3 Å². The SMILES string of the molecule is COCC1(C)OC2CC3OC4CC5OC6CC7OC8CC9OC%10CC%11OC(C)=C(C)CC%11OC%10C(OC)C9OC8C(C)CCC7(C)OC6(C)CCC5OC4CC3OC2CC1CO. The van der Waals surface area contributed by atoms with Crippen molar-refractivity contribution in [2.75, 3.05) is 27.4 Å². The molecule has 10 fully saturated rings. The number of hydrogen-bond acceptors (Lipinski definition) is 14. The zero-order valence-electron chi connectivity index (χ0n) is 38.3. The highest BCUT2D eigenvalue weighted by molar-refractivity contribution is 5.14. The first-order valence-electron chi connectivity index (χ1n) is 24.3. The molecular formula is C48H74O14. The Morgan fingerprint density at radius 2 is 1.13 bits per heavy atom. The molecule has 14 heteroatoms. The van der Waals surface area contributed by atoms with Crippen LogP contribution in [0.3, 0.4) is 0 Å². The van der Waals surface area contributed by atoms with E-state index < -0.39 is 16.8 Å². The molecule has 11 rings (SSSR count). The standard InChI is InChI=1S/C48H74O14/c1-23-9-11-46(4)41(58-37-19-39-44(60-42(23)37)45(51-8)43-38(56-39)18-31-28(59-43)13-24(2)25(3)52-31)20-40-47(5,62-46)12-10-27-30(57-40)15-33-32(53-27)16-34-35(55-33)17-36-29(54-34)14-26(21-49)48(6,61-36)22-50-7/h23,26-45,49H,9-22H2,1-8H3. The maximum absolute atomic E-state index is 10.3. The minimum absolute atomic E-state index is 0.00963. The lowest BCUT2D eigenvalue weighted by atomic mass is 9.74. The first kappa shape index (κ1) is 43.6. The third kappa shape index (κ3) is 7.39. The molecule has 62 heavy (non-hydrogen) atoms. The van der Waals surface area contributed by atoms with Crippen molar-refractivity contribution in [3.63, 3.8) is 0 Å². The van der Waals surface area contributed by atoms with Crippen LogP contribution in [0.5, 0.6) is 0 Å². The summed E-state index contributed by atoms with van der Waals surface area (Å²) < 4.78 is 88.2. The minimum Gasteiger partial charge on any atom is -0.492 e. The van der Waals surface area contributed by atoms with E-state index in [-0.39, 0.29) is 134 Å². The normalized spacial score (nSPS) is 57.0. The molecule has 350 valence electrons. The summed E-state index contributed by atoms with van der Waals surface area (Å²) in [4.78, 5) is 0. The summed E-state index contributed by atoms with van der Waals surface area (Å²) in [6, 6.07) is 0. The van der Waals surface area contributed by atoms with E-state index in [4.69, 9.17) is 61.6 Å². The quantitative estimate of drug-likeness (QED) is 0.400. The number of aliphatic hydroxyl groups is 1. The highest BCUT2D eigenvalue weighted by Gasteiger charge is 2.62. The van der Waals surface area contributed by atoms with Crippen molar-refractivity contribution in [2.45, 2.75) is 251 Å². The van der Waals surface area contributed by atoms with Gasteiger partial charge >= 0.3 is 0 Å². The van der Waals surface area contributed by atoms with E-state index in [0.29, 0.717) is 6.61 Å². The molecule has 0 saturated carbocycles. The topological polar surface area (TPSA) is 140 Å². The number of methoxy groups -OCH3 is 2. The first-order valence-corrected chi connectivity index (χ1v) is 24.3. The van der Waals surface area contributed by atoms with Crippen LogP contribution in [0.4, 0.5) is 0 Å². The van der Waals surface area contributed by atoms with Crippen LogP contribution < -0.4 is 0 Å². The molecule has 0 bridgehead atoms. The summed E-state index contributed by atoms with van der Waals surface area (Å²) in [5, 5.41) is 10.3.